The van der Waals surface area contributed by atoms with E-state index in [0.29, 0.717) is 12.8 Å². The molecule has 0 rings (SSSR count). The van der Waals surface area contributed by atoms with Crippen LogP contribution >= 0.6 is 7.82 Å². The van der Waals surface area contributed by atoms with Gasteiger partial charge in [-0.25, -0.2) is 4.57 Å². The fourth-order valence-electron chi connectivity index (χ4n) is 4.47. The number of carbonyl (C=O) groups is 3. The zero-order valence-corrected chi connectivity index (χ0v) is 28.9. The van der Waals surface area contributed by atoms with Crippen molar-refractivity contribution in [3.8, 4) is 0 Å². The lowest BCUT2D eigenvalue weighted by atomic mass is 10.1. The number of carbonyl (C=O) groups excluding carboxylic acids is 2. The molecule has 0 bridgehead atoms. The Morgan fingerprint density at radius 3 is 1.67 bits per heavy atom. The van der Waals surface area contributed by atoms with Crippen LogP contribution in [-0.4, -0.2) is 59.9 Å². The van der Waals surface area contributed by atoms with Gasteiger partial charge in [0, 0.05) is 12.8 Å². The zero-order chi connectivity index (χ0) is 33.6. The fraction of sp³-hybridized carbons (Fsp3) is 0.848. The van der Waals surface area contributed by atoms with Gasteiger partial charge in [-0.3, -0.25) is 23.4 Å². The van der Waals surface area contributed by atoms with E-state index in [9.17, 15) is 23.8 Å². The molecule has 0 aliphatic carbocycles. The van der Waals surface area contributed by atoms with Gasteiger partial charge in [0.1, 0.15) is 12.6 Å². The number of aliphatic carboxylic acids is 1. The van der Waals surface area contributed by atoms with Crippen molar-refractivity contribution in [2.75, 3.05) is 19.8 Å². The topological polar surface area (TPSA) is 172 Å². The monoisotopic (exact) mass is 663 g/mol. The second-order valence-corrected chi connectivity index (χ2v) is 13.1. The van der Waals surface area contributed by atoms with Gasteiger partial charge in [0.25, 0.3) is 0 Å². The summed E-state index contributed by atoms with van der Waals surface area (Å²) in [5, 5.41) is 8.82. The van der Waals surface area contributed by atoms with E-state index in [1.54, 1.807) is 0 Å². The maximum atomic E-state index is 12.4. The van der Waals surface area contributed by atoms with E-state index in [4.69, 9.17) is 24.8 Å². The number of ether oxygens (including phenoxy) is 2. The van der Waals surface area contributed by atoms with Gasteiger partial charge < -0.3 is 25.2 Å². The Hall–Kier alpha value is -1.78. The number of phosphoric ester groups is 1. The highest BCUT2D eigenvalue weighted by molar-refractivity contribution is 7.47. The number of carboxylic acid groups (broad SMARTS) is 1. The molecule has 0 aromatic rings. The van der Waals surface area contributed by atoms with Crippen molar-refractivity contribution in [1.29, 1.82) is 0 Å². The number of unbranched alkanes of at least 4 members (excludes halogenated alkanes) is 16. The van der Waals surface area contributed by atoms with Gasteiger partial charge in [0.15, 0.2) is 6.10 Å². The Labute approximate surface area is 271 Å². The summed E-state index contributed by atoms with van der Waals surface area (Å²) in [5.74, 6) is -2.39. The minimum atomic E-state index is -4.70. The molecule has 12 heteroatoms. The van der Waals surface area contributed by atoms with Gasteiger partial charge in [-0.2, -0.15) is 0 Å². The third-order valence-corrected chi connectivity index (χ3v) is 8.21. The third kappa shape index (κ3) is 29.4. The first-order valence-corrected chi connectivity index (χ1v) is 18.7. The molecule has 0 fully saturated rings. The largest absolute Gasteiger partial charge is 0.480 e. The molecule has 0 aliphatic rings. The van der Waals surface area contributed by atoms with E-state index in [1.165, 1.54) is 51.4 Å². The molecular formula is C33H62NO10P. The van der Waals surface area contributed by atoms with Crippen LogP contribution in [0.4, 0.5) is 0 Å². The zero-order valence-electron chi connectivity index (χ0n) is 28.0. The molecule has 0 aromatic carbocycles. The Balaban J connectivity index is 4.49. The summed E-state index contributed by atoms with van der Waals surface area (Å²) in [4.78, 5) is 45.5. The molecule has 0 saturated heterocycles. The number of carboxylic acids is 1. The molecule has 3 atom stereocenters. The minimum Gasteiger partial charge on any atom is -0.480 e. The molecule has 0 spiro atoms. The van der Waals surface area contributed by atoms with Crippen LogP contribution in [0.5, 0.6) is 0 Å². The summed E-state index contributed by atoms with van der Waals surface area (Å²) in [6.07, 6.45) is 24.4. The standard InChI is InChI=1S/C33H62NO10P/c1-3-5-7-9-11-13-14-15-17-18-20-22-24-31(35)41-26-29(27-42-45(39,40)43-28-30(34)33(37)38)44-32(36)25-23-21-19-16-12-10-8-6-4-2/h11,13,29-30H,3-10,12,14-28,34H2,1-2H3,(H,37,38)(H,39,40)/b13-11+/t29-,30+/m1/s1. The number of hydrogen-bond acceptors (Lipinski definition) is 9. The van der Waals surface area contributed by atoms with E-state index in [-0.39, 0.29) is 19.4 Å². The number of rotatable bonds is 32. The van der Waals surface area contributed by atoms with Crippen LogP contribution in [0.25, 0.3) is 0 Å². The molecule has 0 heterocycles. The van der Waals surface area contributed by atoms with Crippen molar-refractivity contribution in [3.05, 3.63) is 12.2 Å². The summed E-state index contributed by atoms with van der Waals surface area (Å²) >= 11 is 0. The first-order chi connectivity index (χ1) is 21.6. The van der Waals surface area contributed by atoms with Gasteiger partial charge in [-0.1, -0.05) is 109 Å². The number of allylic oxidation sites excluding steroid dienone is 2. The van der Waals surface area contributed by atoms with Crippen LogP contribution in [-0.2, 0) is 37.5 Å². The minimum absolute atomic E-state index is 0.162. The van der Waals surface area contributed by atoms with Crippen molar-refractivity contribution >= 4 is 25.7 Å². The van der Waals surface area contributed by atoms with Crippen LogP contribution in [0.1, 0.15) is 149 Å². The Morgan fingerprint density at radius 2 is 1.11 bits per heavy atom. The summed E-state index contributed by atoms with van der Waals surface area (Å²) in [5.41, 5.74) is 5.29. The molecule has 264 valence electrons. The fourth-order valence-corrected chi connectivity index (χ4v) is 5.25. The van der Waals surface area contributed by atoms with E-state index in [0.717, 1.165) is 57.8 Å². The highest BCUT2D eigenvalue weighted by Crippen LogP contribution is 2.43. The van der Waals surface area contributed by atoms with Gasteiger partial charge in [-0.15, -0.1) is 0 Å². The molecule has 45 heavy (non-hydrogen) atoms. The highest BCUT2D eigenvalue weighted by atomic mass is 31.2. The van der Waals surface area contributed by atoms with Crippen LogP contribution in [0.2, 0.25) is 0 Å². The summed E-state index contributed by atoms with van der Waals surface area (Å²) < 4.78 is 32.4. The number of esters is 2. The molecule has 0 aromatic heterocycles. The first kappa shape index (κ1) is 43.2. The Kier molecular flexibility index (Phi) is 28.4. The maximum Gasteiger partial charge on any atom is 0.472 e. The second-order valence-electron chi connectivity index (χ2n) is 11.7. The lowest BCUT2D eigenvalue weighted by Crippen LogP contribution is -2.34. The average molecular weight is 664 g/mol. The SMILES string of the molecule is CCCCC/C=C/CCCCCCCC(=O)OC[C@H](COP(=O)(O)OC[C@H](N)C(=O)O)OC(=O)CCCCCCCCCCC. The molecule has 11 nitrogen and oxygen atoms in total. The van der Waals surface area contributed by atoms with Crippen LogP contribution in [0.3, 0.4) is 0 Å². The van der Waals surface area contributed by atoms with Crippen molar-refractivity contribution < 1.29 is 47.5 Å². The number of nitrogens with two attached hydrogens (primary N) is 1. The molecule has 0 aliphatic heterocycles. The summed E-state index contributed by atoms with van der Waals surface area (Å²) in [7, 11) is -4.70. The Morgan fingerprint density at radius 1 is 0.667 bits per heavy atom. The first-order valence-electron chi connectivity index (χ1n) is 17.2. The summed E-state index contributed by atoms with van der Waals surface area (Å²) in [6, 6.07) is -1.52. The normalized spacial score (nSPS) is 14.2. The molecule has 0 amide bonds. The number of phosphoric acid groups is 1. The second kappa shape index (κ2) is 29.6. The van der Waals surface area contributed by atoms with E-state index in [2.05, 4.69) is 30.5 Å². The molecule has 0 radical (unpaired) electrons. The predicted molar refractivity (Wildman–Crippen MR) is 176 cm³/mol. The third-order valence-electron chi connectivity index (χ3n) is 7.26. The smallest absolute Gasteiger partial charge is 0.472 e. The van der Waals surface area contributed by atoms with Crippen molar-refractivity contribution in [2.45, 2.75) is 161 Å². The number of hydrogen-bond donors (Lipinski definition) is 3. The lowest BCUT2D eigenvalue weighted by Gasteiger charge is -2.20. The molecule has 0 saturated carbocycles. The highest BCUT2D eigenvalue weighted by Gasteiger charge is 2.28. The quantitative estimate of drug-likeness (QED) is 0.0278. The van der Waals surface area contributed by atoms with E-state index >= 15 is 0 Å². The van der Waals surface area contributed by atoms with E-state index in [1.807, 2.05) is 0 Å². The Bertz CT molecular complexity index is 838. The van der Waals surface area contributed by atoms with Gasteiger partial charge >= 0.3 is 25.7 Å². The van der Waals surface area contributed by atoms with Crippen LogP contribution in [0.15, 0.2) is 12.2 Å². The summed E-state index contributed by atoms with van der Waals surface area (Å²) in [6.45, 7) is 2.71. The van der Waals surface area contributed by atoms with E-state index < -0.39 is 51.1 Å². The van der Waals surface area contributed by atoms with Crippen LogP contribution < -0.4 is 5.73 Å². The predicted octanol–water partition coefficient (Wildman–Crippen LogP) is 7.78. The van der Waals surface area contributed by atoms with Crippen molar-refractivity contribution in [2.24, 2.45) is 5.73 Å². The maximum absolute atomic E-state index is 12.4. The van der Waals surface area contributed by atoms with Gasteiger partial charge in [0.2, 0.25) is 0 Å². The lowest BCUT2D eigenvalue weighted by molar-refractivity contribution is -0.161. The van der Waals surface area contributed by atoms with Crippen molar-refractivity contribution in [3.63, 3.8) is 0 Å². The van der Waals surface area contributed by atoms with Crippen molar-refractivity contribution in [1.82, 2.24) is 0 Å². The molecular weight excluding hydrogens is 601 g/mol. The van der Waals surface area contributed by atoms with Gasteiger partial charge in [0.05, 0.1) is 13.2 Å². The van der Waals surface area contributed by atoms with Gasteiger partial charge in [-0.05, 0) is 38.5 Å². The molecule has 1 unspecified atom stereocenters. The average Bonchev–Trinajstić information content (AvgIpc) is 3.00. The molecule has 4 N–H and O–H groups in total. The van der Waals surface area contributed by atoms with Crippen LogP contribution in [0, 0.1) is 0 Å².